The lowest BCUT2D eigenvalue weighted by atomic mass is 9.66. The van der Waals surface area contributed by atoms with Crippen LogP contribution in [-0.2, 0) is 5.41 Å². The summed E-state index contributed by atoms with van der Waals surface area (Å²) in [5.41, 5.74) is 1.80. The van der Waals surface area contributed by atoms with Gasteiger partial charge in [-0.05, 0) is 49.2 Å². The lowest BCUT2D eigenvalue weighted by molar-refractivity contribution is 0.243. The fourth-order valence-electron chi connectivity index (χ4n) is 3.21. The summed E-state index contributed by atoms with van der Waals surface area (Å²) in [4.78, 5) is 8.54. The van der Waals surface area contributed by atoms with Gasteiger partial charge >= 0.3 is 0 Å². The predicted molar refractivity (Wildman–Crippen MR) is 93.5 cm³/mol. The highest BCUT2D eigenvalue weighted by Gasteiger charge is 2.41. The molecule has 1 aliphatic carbocycles. The van der Waals surface area contributed by atoms with Crippen LogP contribution in [0.3, 0.4) is 0 Å². The molecule has 3 aromatic rings. The molecule has 0 amide bonds. The van der Waals surface area contributed by atoms with E-state index in [-0.39, 0.29) is 11.2 Å². The summed E-state index contributed by atoms with van der Waals surface area (Å²) in [6.45, 7) is 0.596. The monoisotopic (exact) mass is 335 g/mol. The Labute approximate surface area is 145 Å². The van der Waals surface area contributed by atoms with E-state index in [9.17, 15) is 4.39 Å². The maximum absolute atomic E-state index is 14.1. The van der Waals surface area contributed by atoms with Gasteiger partial charge < -0.3 is 5.32 Å². The van der Waals surface area contributed by atoms with Gasteiger partial charge in [-0.2, -0.15) is 0 Å². The van der Waals surface area contributed by atoms with Gasteiger partial charge in [0.05, 0.1) is 11.4 Å². The minimum absolute atomic E-state index is 0.236. The van der Waals surface area contributed by atoms with Gasteiger partial charge in [0.15, 0.2) is 0 Å². The van der Waals surface area contributed by atoms with Crippen LogP contribution in [0.15, 0.2) is 54.9 Å². The van der Waals surface area contributed by atoms with E-state index in [1.165, 1.54) is 6.07 Å². The molecule has 0 unspecified atom stereocenters. The van der Waals surface area contributed by atoms with Crippen molar-refractivity contribution in [2.45, 2.75) is 24.7 Å². The SMILES string of the molecule is Fc1cccnc1C1(CNc2ccc(-c3ccccn3)nn2)CCC1. The number of rotatable bonds is 5. The highest BCUT2D eigenvalue weighted by Crippen LogP contribution is 2.43. The van der Waals surface area contributed by atoms with Gasteiger partial charge in [-0.25, -0.2) is 4.39 Å². The number of hydrogen-bond acceptors (Lipinski definition) is 5. The minimum atomic E-state index is -0.257. The highest BCUT2D eigenvalue weighted by molar-refractivity contribution is 5.54. The quantitative estimate of drug-likeness (QED) is 0.772. The van der Waals surface area contributed by atoms with Crippen LogP contribution < -0.4 is 5.32 Å². The van der Waals surface area contributed by atoms with Gasteiger partial charge in [-0.15, -0.1) is 10.2 Å². The van der Waals surface area contributed by atoms with Crippen LogP contribution in [-0.4, -0.2) is 26.7 Å². The fourth-order valence-corrected chi connectivity index (χ4v) is 3.21. The first-order chi connectivity index (χ1) is 12.3. The molecule has 4 rings (SSSR count). The van der Waals surface area contributed by atoms with E-state index in [1.54, 1.807) is 18.5 Å². The molecule has 0 atom stereocenters. The molecule has 5 nitrogen and oxygen atoms in total. The predicted octanol–water partition coefficient (Wildman–Crippen LogP) is 3.61. The van der Waals surface area contributed by atoms with E-state index >= 15 is 0 Å². The summed E-state index contributed by atoms with van der Waals surface area (Å²) in [6.07, 6.45) is 6.31. The number of hydrogen-bond donors (Lipinski definition) is 1. The summed E-state index contributed by atoms with van der Waals surface area (Å²) in [6, 6.07) is 12.5. The van der Waals surface area contributed by atoms with E-state index < -0.39 is 0 Å². The van der Waals surface area contributed by atoms with Gasteiger partial charge in [0, 0.05) is 24.4 Å². The van der Waals surface area contributed by atoms with Gasteiger partial charge in [-0.3, -0.25) is 9.97 Å². The maximum Gasteiger partial charge on any atom is 0.148 e. The lowest BCUT2D eigenvalue weighted by Crippen LogP contribution is -2.42. The normalized spacial score (nSPS) is 15.4. The first-order valence-electron chi connectivity index (χ1n) is 8.37. The third-order valence-corrected chi connectivity index (χ3v) is 4.77. The van der Waals surface area contributed by atoms with Crippen molar-refractivity contribution in [3.05, 3.63) is 66.4 Å². The van der Waals surface area contributed by atoms with Crippen LogP contribution in [0, 0.1) is 5.82 Å². The Balaban J connectivity index is 1.48. The van der Waals surface area contributed by atoms with E-state index in [1.807, 2.05) is 30.3 Å². The standard InChI is InChI=1S/C19H18FN5/c20-14-5-3-12-22-18(14)19(9-4-10-19)13-23-17-8-7-16(24-25-17)15-6-1-2-11-21-15/h1-3,5-8,11-12H,4,9-10,13H2,(H,23,25). The molecule has 3 aromatic heterocycles. The van der Waals surface area contributed by atoms with Crippen molar-refractivity contribution < 1.29 is 4.39 Å². The molecule has 0 bridgehead atoms. The van der Waals surface area contributed by atoms with Gasteiger partial charge in [0.25, 0.3) is 0 Å². The molecule has 3 heterocycles. The van der Waals surface area contributed by atoms with Crippen molar-refractivity contribution in [2.75, 3.05) is 11.9 Å². The van der Waals surface area contributed by atoms with Crippen LogP contribution in [0.4, 0.5) is 10.2 Å². The number of pyridine rings is 2. The molecular weight excluding hydrogens is 317 g/mol. The Bertz CT molecular complexity index is 847. The molecule has 25 heavy (non-hydrogen) atoms. The molecule has 0 aromatic carbocycles. The molecule has 0 radical (unpaired) electrons. The summed E-state index contributed by atoms with van der Waals surface area (Å²) in [5, 5.41) is 11.7. The molecule has 1 N–H and O–H groups in total. The van der Waals surface area contributed by atoms with E-state index in [2.05, 4.69) is 25.5 Å². The van der Waals surface area contributed by atoms with Gasteiger partial charge in [0.2, 0.25) is 0 Å². The number of anilines is 1. The highest BCUT2D eigenvalue weighted by atomic mass is 19.1. The van der Waals surface area contributed by atoms with Crippen LogP contribution >= 0.6 is 0 Å². The summed E-state index contributed by atoms with van der Waals surface area (Å²) in [7, 11) is 0. The van der Waals surface area contributed by atoms with Crippen LogP contribution in [0.2, 0.25) is 0 Å². The van der Waals surface area contributed by atoms with Crippen molar-refractivity contribution in [1.82, 2.24) is 20.2 Å². The fraction of sp³-hybridized carbons (Fsp3) is 0.263. The molecule has 0 saturated heterocycles. The second kappa shape index (κ2) is 6.55. The van der Waals surface area contributed by atoms with Crippen LogP contribution in [0.25, 0.3) is 11.4 Å². The van der Waals surface area contributed by atoms with Crippen molar-refractivity contribution in [1.29, 1.82) is 0 Å². The maximum atomic E-state index is 14.1. The molecule has 126 valence electrons. The average molecular weight is 335 g/mol. The molecule has 0 aliphatic heterocycles. The largest absolute Gasteiger partial charge is 0.368 e. The molecule has 1 saturated carbocycles. The molecule has 6 heteroatoms. The molecular formula is C19H18FN5. The lowest BCUT2D eigenvalue weighted by Gasteiger charge is -2.41. The van der Waals surface area contributed by atoms with E-state index in [0.29, 0.717) is 18.1 Å². The van der Waals surface area contributed by atoms with Crippen molar-refractivity contribution in [2.24, 2.45) is 0 Å². The third-order valence-electron chi connectivity index (χ3n) is 4.77. The summed E-state index contributed by atoms with van der Waals surface area (Å²) >= 11 is 0. The number of nitrogens with zero attached hydrogens (tertiary/aromatic N) is 4. The Morgan fingerprint density at radius 2 is 1.80 bits per heavy atom. The van der Waals surface area contributed by atoms with Crippen LogP contribution in [0.1, 0.15) is 25.0 Å². The second-order valence-corrected chi connectivity index (χ2v) is 6.34. The third kappa shape index (κ3) is 3.07. The van der Waals surface area contributed by atoms with Gasteiger partial charge in [0.1, 0.15) is 17.3 Å². The Morgan fingerprint density at radius 3 is 2.44 bits per heavy atom. The van der Waals surface area contributed by atoms with Gasteiger partial charge in [-0.1, -0.05) is 12.5 Å². The summed E-state index contributed by atoms with van der Waals surface area (Å²) < 4.78 is 14.1. The Hall–Kier alpha value is -2.89. The van der Waals surface area contributed by atoms with Crippen molar-refractivity contribution >= 4 is 5.82 Å². The smallest absolute Gasteiger partial charge is 0.148 e. The second-order valence-electron chi connectivity index (χ2n) is 6.34. The van der Waals surface area contributed by atoms with E-state index in [4.69, 9.17) is 0 Å². The zero-order valence-corrected chi connectivity index (χ0v) is 13.7. The van der Waals surface area contributed by atoms with Crippen LogP contribution in [0.5, 0.6) is 0 Å². The van der Waals surface area contributed by atoms with Crippen molar-refractivity contribution in [3.8, 4) is 11.4 Å². The molecule has 0 spiro atoms. The zero-order valence-electron chi connectivity index (χ0n) is 13.7. The first kappa shape index (κ1) is 15.6. The Morgan fingerprint density at radius 1 is 0.920 bits per heavy atom. The van der Waals surface area contributed by atoms with E-state index in [0.717, 1.165) is 30.7 Å². The molecule has 1 aliphatic rings. The first-order valence-corrected chi connectivity index (χ1v) is 8.37. The number of halogens is 1. The van der Waals surface area contributed by atoms with Crippen molar-refractivity contribution in [3.63, 3.8) is 0 Å². The minimum Gasteiger partial charge on any atom is -0.368 e. The Kier molecular flexibility index (Phi) is 4.09. The summed E-state index contributed by atoms with van der Waals surface area (Å²) in [5.74, 6) is 0.433. The number of nitrogens with one attached hydrogen (secondary N) is 1. The molecule has 1 fully saturated rings. The zero-order chi connectivity index (χ0) is 17.1. The topological polar surface area (TPSA) is 63.6 Å². The number of aromatic nitrogens is 4. The average Bonchev–Trinajstić information content (AvgIpc) is 2.63.